The Labute approximate surface area is 128 Å². The Bertz CT molecular complexity index is 493. The van der Waals surface area contributed by atoms with E-state index in [9.17, 15) is 0 Å². The van der Waals surface area contributed by atoms with Crippen LogP contribution in [0, 0.1) is 0 Å². The maximum Gasteiger partial charge on any atom is 0.193 e. The summed E-state index contributed by atoms with van der Waals surface area (Å²) in [7, 11) is 2.11. The number of nitrogens with zero attached hydrogens (tertiary/aromatic N) is 2. The molecule has 1 N–H and O–H groups in total. The highest BCUT2D eigenvalue weighted by molar-refractivity contribution is 5.79. The molecule has 0 radical (unpaired) electrons. The second-order valence-electron chi connectivity index (χ2n) is 5.65. The van der Waals surface area contributed by atoms with Gasteiger partial charge in [0.15, 0.2) is 5.96 Å². The van der Waals surface area contributed by atoms with Crippen LogP contribution in [0.4, 0.5) is 0 Å². The number of hydrogen-bond acceptors (Lipinski definition) is 1. The lowest BCUT2D eigenvalue weighted by molar-refractivity contribution is 0.467. The van der Waals surface area contributed by atoms with Gasteiger partial charge >= 0.3 is 0 Å². The number of guanidine groups is 1. The topological polar surface area (TPSA) is 27.6 Å². The van der Waals surface area contributed by atoms with Crippen molar-refractivity contribution < 1.29 is 0 Å². The Kier molecular flexibility index (Phi) is 5.85. The molecule has 0 heterocycles. The number of aliphatic imine (C=N–C) groups is 1. The van der Waals surface area contributed by atoms with Gasteiger partial charge in [0.2, 0.25) is 0 Å². The Morgan fingerprint density at radius 1 is 1.48 bits per heavy atom. The van der Waals surface area contributed by atoms with Crippen molar-refractivity contribution in [2.24, 2.45) is 4.99 Å². The molecule has 0 saturated heterocycles. The number of hydrogen-bond donors (Lipinski definition) is 1. The first-order valence-electron chi connectivity index (χ1n) is 7.94. The van der Waals surface area contributed by atoms with Gasteiger partial charge in [-0.15, -0.1) is 6.58 Å². The molecule has 1 aromatic carbocycles. The molecule has 114 valence electrons. The normalized spacial score (nSPS) is 16.9. The number of fused-ring (bicyclic) bond motifs is 1. The van der Waals surface area contributed by atoms with Crippen LogP contribution in [0.2, 0.25) is 0 Å². The average Bonchev–Trinajstić information content (AvgIpc) is 2.47. The number of allylic oxidation sites excluding steroid dienone is 1. The van der Waals surface area contributed by atoms with Crippen LogP contribution >= 0.6 is 0 Å². The fourth-order valence-electron chi connectivity index (χ4n) is 2.77. The predicted molar refractivity (Wildman–Crippen MR) is 90.9 cm³/mol. The third-order valence-electron chi connectivity index (χ3n) is 4.02. The van der Waals surface area contributed by atoms with E-state index in [4.69, 9.17) is 4.99 Å². The molecule has 0 bridgehead atoms. The highest BCUT2D eigenvalue weighted by Crippen LogP contribution is 2.34. The fraction of sp³-hybridized carbons (Fsp3) is 0.500. The van der Waals surface area contributed by atoms with Crippen molar-refractivity contribution in [3.05, 3.63) is 48.0 Å². The molecule has 0 amide bonds. The zero-order valence-corrected chi connectivity index (χ0v) is 13.3. The van der Waals surface area contributed by atoms with Crippen molar-refractivity contribution >= 4 is 5.96 Å². The summed E-state index contributed by atoms with van der Waals surface area (Å²) >= 11 is 0. The van der Waals surface area contributed by atoms with Gasteiger partial charge in [-0.05, 0) is 37.3 Å². The lowest BCUT2D eigenvalue weighted by atomic mass is 9.78. The Morgan fingerprint density at radius 2 is 2.29 bits per heavy atom. The SMILES string of the molecule is C=CCCCN(C)C(=NCC1Cc2ccccc21)NCC. The summed E-state index contributed by atoms with van der Waals surface area (Å²) in [6, 6.07) is 8.71. The molecule has 21 heavy (non-hydrogen) atoms. The van der Waals surface area contributed by atoms with Gasteiger partial charge in [-0.2, -0.15) is 0 Å². The highest BCUT2D eigenvalue weighted by atomic mass is 15.3. The first-order valence-corrected chi connectivity index (χ1v) is 7.94. The van der Waals surface area contributed by atoms with Gasteiger partial charge in [0.25, 0.3) is 0 Å². The van der Waals surface area contributed by atoms with E-state index < -0.39 is 0 Å². The summed E-state index contributed by atoms with van der Waals surface area (Å²) in [5, 5.41) is 3.39. The van der Waals surface area contributed by atoms with E-state index in [1.165, 1.54) is 17.5 Å². The smallest absolute Gasteiger partial charge is 0.193 e. The van der Waals surface area contributed by atoms with Crippen molar-refractivity contribution in [3.63, 3.8) is 0 Å². The monoisotopic (exact) mass is 285 g/mol. The van der Waals surface area contributed by atoms with Gasteiger partial charge in [0, 0.05) is 32.6 Å². The van der Waals surface area contributed by atoms with Crippen molar-refractivity contribution in [1.29, 1.82) is 0 Å². The molecule has 0 aromatic heterocycles. The average molecular weight is 285 g/mol. The standard InChI is InChI=1S/C18H27N3/c1-4-6-9-12-21(3)18(19-5-2)20-14-16-13-15-10-7-8-11-17(15)16/h4,7-8,10-11,16H,1,5-6,9,12-14H2,2-3H3,(H,19,20). The molecule has 3 heteroatoms. The van der Waals surface area contributed by atoms with E-state index in [2.05, 4.69) is 55.0 Å². The molecule has 1 aliphatic carbocycles. The lowest BCUT2D eigenvalue weighted by Crippen LogP contribution is -2.40. The minimum Gasteiger partial charge on any atom is -0.357 e. The second kappa shape index (κ2) is 7.87. The minimum atomic E-state index is 0.594. The molecule has 0 aliphatic heterocycles. The maximum absolute atomic E-state index is 4.82. The number of rotatable bonds is 7. The number of benzene rings is 1. The zero-order valence-electron chi connectivity index (χ0n) is 13.3. The molecule has 3 nitrogen and oxygen atoms in total. The first-order chi connectivity index (χ1) is 10.3. The first kappa shape index (κ1) is 15.6. The van der Waals surface area contributed by atoms with Crippen LogP contribution in [0.5, 0.6) is 0 Å². The van der Waals surface area contributed by atoms with E-state index in [0.717, 1.165) is 38.4 Å². The predicted octanol–water partition coefficient (Wildman–Crippen LogP) is 3.19. The van der Waals surface area contributed by atoms with Gasteiger partial charge in [-0.1, -0.05) is 30.3 Å². The van der Waals surface area contributed by atoms with Crippen LogP contribution in [-0.4, -0.2) is 37.5 Å². The van der Waals surface area contributed by atoms with Crippen molar-refractivity contribution in [3.8, 4) is 0 Å². The largest absolute Gasteiger partial charge is 0.357 e. The van der Waals surface area contributed by atoms with Crippen LogP contribution in [0.15, 0.2) is 41.9 Å². The molecule has 0 fully saturated rings. The highest BCUT2D eigenvalue weighted by Gasteiger charge is 2.25. The van der Waals surface area contributed by atoms with Crippen LogP contribution in [0.1, 0.15) is 36.8 Å². The van der Waals surface area contributed by atoms with Crippen LogP contribution in [0.25, 0.3) is 0 Å². The maximum atomic E-state index is 4.82. The van der Waals surface area contributed by atoms with E-state index in [1.807, 2.05) is 6.08 Å². The van der Waals surface area contributed by atoms with Crippen molar-refractivity contribution in [1.82, 2.24) is 10.2 Å². The summed E-state index contributed by atoms with van der Waals surface area (Å²) < 4.78 is 0. The summed E-state index contributed by atoms with van der Waals surface area (Å²) in [4.78, 5) is 7.04. The molecule has 2 rings (SSSR count). The summed E-state index contributed by atoms with van der Waals surface area (Å²) in [5.41, 5.74) is 2.97. The molecular formula is C18H27N3. The summed E-state index contributed by atoms with van der Waals surface area (Å²) in [6.07, 6.45) is 5.32. The van der Waals surface area contributed by atoms with Crippen molar-refractivity contribution in [2.45, 2.75) is 32.1 Å². The number of unbranched alkanes of at least 4 members (excludes halogenated alkanes) is 1. The van der Waals surface area contributed by atoms with Gasteiger partial charge in [-0.25, -0.2) is 0 Å². The molecular weight excluding hydrogens is 258 g/mol. The molecule has 1 aliphatic rings. The van der Waals surface area contributed by atoms with Crippen molar-refractivity contribution in [2.75, 3.05) is 26.7 Å². The van der Waals surface area contributed by atoms with Gasteiger partial charge in [0.05, 0.1) is 0 Å². The summed E-state index contributed by atoms with van der Waals surface area (Å²) in [6.45, 7) is 8.69. The van der Waals surface area contributed by atoms with E-state index >= 15 is 0 Å². The van der Waals surface area contributed by atoms with E-state index in [-0.39, 0.29) is 0 Å². The molecule has 1 aromatic rings. The van der Waals surface area contributed by atoms with Gasteiger partial charge < -0.3 is 10.2 Å². The zero-order chi connectivity index (χ0) is 15.1. The second-order valence-corrected chi connectivity index (χ2v) is 5.65. The number of nitrogens with one attached hydrogen (secondary N) is 1. The third kappa shape index (κ3) is 4.10. The Hall–Kier alpha value is -1.77. The quantitative estimate of drug-likeness (QED) is 0.360. The van der Waals surface area contributed by atoms with E-state index in [1.54, 1.807) is 0 Å². The molecule has 0 saturated carbocycles. The van der Waals surface area contributed by atoms with Crippen LogP contribution in [-0.2, 0) is 6.42 Å². The minimum absolute atomic E-state index is 0.594. The molecule has 1 unspecified atom stereocenters. The molecule has 0 spiro atoms. The fourth-order valence-corrected chi connectivity index (χ4v) is 2.77. The third-order valence-corrected chi connectivity index (χ3v) is 4.02. The van der Waals surface area contributed by atoms with Crippen LogP contribution in [0.3, 0.4) is 0 Å². The van der Waals surface area contributed by atoms with Crippen LogP contribution < -0.4 is 5.32 Å². The van der Waals surface area contributed by atoms with Gasteiger partial charge in [-0.3, -0.25) is 4.99 Å². The Morgan fingerprint density at radius 3 is 3.00 bits per heavy atom. The van der Waals surface area contributed by atoms with Gasteiger partial charge in [0.1, 0.15) is 0 Å². The summed E-state index contributed by atoms with van der Waals surface area (Å²) in [5.74, 6) is 1.61. The lowest BCUT2D eigenvalue weighted by Gasteiger charge is -2.29. The molecule has 1 atom stereocenters. The van der Waals surface area contributed by atoms with E-state index in [0.29, 0.717) is 5.92 Å². The Balaban J connectivity index is 1.90.